The van der Waals surface area contributed by atoms with Crippen molar-refractivity contribution in [3.63, 3.8) is 0 Å². The van der Waals surface area contributed by atoms with E-state index in [1.807, 2.05) is 6.07 Å². The Morgan fingerprint density at radius 1 is 1.14 bits per heavy atom. The van der Waals surface area contributed by atoms with Crippen molar-refractivity contribution in [2.45, 2.75) is 11.0 Å². The molecule has 0 aliphatic carbocycles. The summed E-state index contributed by atoms with van der Waals surface area (Å²) < 4.78 is 4.72. The Balaban J connectivity index is 2.12. The molecule has 0 aromatic heterocycles. The second-order valence-corrected chi connectivity index (χ2v) is 6.01. The molecule has 0 unspecified atom stereocenters. The predicted octanol–water partition coefficient (Wildman–Crippen LogP) is 2.84. The topological polar surface area (TPSA) is 63.6 Å². The van der Waals surface area contributed by atoms with E-state index >= 15 is 0 Å². The van der Waals surface area contributed by atoms with Gasteiger partial charge in [0.15, 0.2) is 0 Å². The first kappa shape index (κ1) is 14.4. The van der Waals surface area contributed by atoms with Crippen molar-refractivity contribution < 1.29 is 19.4 Å². The van der Waals surface area contributed by atoms with E-state index in [9.17, 15) is 14.7 Å². The lowest BCUT2D eigenvalue weighted by Crippen LogP contribution is -2.19. The fraction of sp³-hybridized carbons (Fsp3) is 0.200. The van der Waals surface area contributed by atoms with Gasteiger partial charge < -0.3 is 9.84 Å². The molecule has 0 amide bonds. The molecule has 1 atom stereocenters. The molecular formula is C15H11ClO4S. The molecule has 1 aliphatic heterocycles. The van der Waals surface area contributed by atoms with Crippen LogP contribution in [-0.4, -0.2) is 34.8 Å². The lowest BCUT2D eigenvalue weighted by Gasteiger charge is -2.17. The number of ether oxygens (including phenoxy) is 1. The summed E-state index contributed by atoms with van der Waals surface area (Å²) in [6.45, 7) is 0. The van der Waals surface area contributed by atoms with Gasteiger partial charge in [-0.3, -0.25) is 0 Å². The first-order chi connectivity index (χ1) is 10.1. The number of aliphatic hydroxyl groups excluding tert-OH is 1. The first-order valence-corrected chi connectivity index (χ1v) is 7.83. The summed E-state index contributed by atoms with van der Waals surface area (Å²) in [6.07, 6.45) is -0.603. The molecule has 1 N–H and O–H groups in total. The van der Waals surface area contributed by atoms with Crippen molar-refractivity contribution in [3.05, 3.63) is 41.5 Å². The smallest absolute Gasteiger partial charge is 0.346 e. The van der Waals surface area contributed by atoms with E-state index in [1.54, 1.807) is 24.3 Å². The highest BCUT2D eigenvalue weighted by Gasteiger charge is 2.27. The van der Waals surface area contributed by atoms with Crippen molar-refractivity contribution in [2.24, 2.45) is 0 Å². The third-order valence-corrected chi connectivity index (χ3v) is 4.81. The Bertz CT molecular complexity index is 724. The Labute approximate surface area is 130 Å². The minimum atomic E-state index is -0.624. The maximum Gasteiger partial charge on any atom is 0.346 e. The van der Waals surface area contributed by atoms with Gasteiger partial charge in [-0.15, -0.1) is 23.4 Å². The third kappa shape index (κ3) is 2.52. The number of carbonyl (C=O) groups excluding carboxylic acids is 2. The Hall–Kier alpha value is -1.56. The number of rotatable bonds is 4. The maximum absolute atomic E-state index is 11.8. The number of benzene rings is 2. The lowest BCUT2D eigenvalue weighted by atomic mass is 9.97. The van der Waals surface area contributed by atoms with Crippen LogP contribution in [0.25, 0.3) is 10.8 Å². The molecule has 108 valence electrons. The molecule has 0 radical (unpaired) electrons. The second-order valence-electron chi connectivity index (χ2n) is 4.64. The standard InChI is InChI=1S/C15H11ClO4S/c16-6-8(17)7-21-12-5-4-11-13-9(12)2-1-3-10(13)14(18)20-15(11)19/h1-5,8,17H,6-7H2/t8-/m0/s1. The monoisotopic (exact) mass is 322 g/mol. The van der Waals surface area contributed by atoms with E-state index in [0.717, 1.165) is 10.3 Å². The number of hydrogen-bond acceptors (Lipinski definition) is 5. The van der Waals surface area contributed by atoms with Crippen molar-refractivity contribution in [1.29, 1.82) is 0 Å². The zero-order valence-electron chi connectivity index (χ0n) is 10.8. The number of carbonyl (C=O) groups is 2. The van der Waals surface area contributed by atoms with E-state index in [2.05, 4.69) is 0 Å². The van der Waals surface area contributed by atoms with Crippen LogP contribution in [0, 0.1) is 0 Å². The minimum absolute atomic E-state index is 0.166. The van der Waals surface area contributed by atoms with Crippen LogP contribution in [-0.2, 0) is 4.74 Å². The van der Waals surface area contributed by atoms with Crippen LogP contribution in [0.3, 0.4) is 0 Å². The fourth-order valence-electron chi connectivity index (χ4n) is 2.27. The number of alkyl halides is 1. The molecule has 3 rings (SSSR count). The van der Waals surface area contributed by atoms with Crippen LogP contribution >= 0.6 is 23.4 Å². The van der Waals surface area contributed by atoms with Gasteiger partial charge in [0.1, 0.15) is 0 Å². The van der Waals surface area contributed by atoms with Crippen LogP contribution in [0.1, 0.15) is 20.7 Å². The molecule has 4 nitrogen and oxygen atoms in total. The van der Waals surface area contributed by atoms with Gasteiger partial charge in [-0.25, -0.2) is 9.59 Å². The summed E-state index contributed by atoms with van der Waals surface area (Å²) in [5.41, 5.74) is 0.782. The first-order valence-electron chi connectivity index (χ1n) is 6.31. The molecule has 2 aromatic carbocycles. The van der Waals surface area contributed by atoms with Crippen LogP contribution in [0.15, 0.2) is 35.2 Å². The van der Waals surface area contributed by atoms with Gasteiger partial charge in [0.2, 0.25) is 0 Å². The number of thioether (sulfide) groups is 1. The fourth-order valence-corrected chi connectivity index (χ4v) is 3.49. The number of halogens is 1. The Kier molecular flexibility index (Phi) is 3.89. The van der Waals surface area contributed by atoms with Crippen molar-refractivity contribution in [3.8, 4) is 0 Å². The zero-order chi connectivity index (χ0) is 15.0. The molecule has 0 bridgehead atoms. The quantitative estimate of drug-likeness (QED) is 0.406. The summed E-state index contributed by atoms with van der Waals surface area (Å²) >= 11 is 7.03. The Morgan fingerprint density at radius 2 is 1.86 bits per heavy atom. The Morgan fingerprint density at radius 3 is 2.57 bits per heavy atom. The molecular weight excluding hydrogens is 312 g/mol. The maximum atomic E-state index is 11.8. The largest absolute Gasteiger partial charge is 0.391 e. The van der Waals surface area contributed by atoms with Crippen molar-refractivity contribution in [1.82, 2.24) is 0 Å². The molecule has 0 spiro atoms. The lowest BCUT2D eigenvalue weighted by molar-refractivity contribution is 0.0391. The van der Waals surface area contributed by atoms with Crippen LogP contribution in [0.5, 0.6) is 0 Å². The molecule has 1 heterocycles. The molecule has 6 heteroatoms. The molecule has 0 saturated heterocycles. The zero-order valence-corrected chi connectivity index (χ0v) is 12.4. The van der Waals surface area contributed by atoms with Gasteiger partial charge in [-0.05, 0) is 23.6 Å². The average molecular weight is 323 g/mol. The minimum Gasteiger partial charge on any atom is -0.391 e. The van der Waals surface area contributed by atoms with Gasteiger partial charge in [0.25, 0.3) is 0 Å². The second kappa shape index (κ2) is 5.67. The molecule has 2 aromatic rings. The van der Waals surface area contributed by atoms with Gasteiger partial charge in [0, 0.05) is 21.9 Å². The van der Waals surface area contributed by atoms with Crippen LogP contribution in [0.2, 0.25) is 0 Å². The van der Waals surface area contributed by atoms with E-state index in [4.69, 9.17) is 16.3 Å². The number of hydrogen-bond donors (Lipinski definition) is 1. The van der Waals surface area contributed by atoms with Crippen LogP contribution < -0.4 is 0 Å². The van der Waals surface area contributed by atoms with Gasteiger partial charge in [0.05, 0.1) is 17.2 Å². The number of esters is 2. The summed E-state index contributed by atoms with van der Waals surface area (Å²) in [5, 5.41) is 11.0. The average Bonchev–Trinajstić information content (AvgIpc) is 2.50. The van der Waals surface area contributed by atoms with E-state index in [-0.39, 0.29) is 5.88 Å². The molecule has 1 aliphatic rings. The van der Waals surface area contributed by atoms with E-state index in [1.165, 1.54) is 11.8 Å². The number of aliphatic hydroxyl groups is 1. The summed E-state index contributed by atoms with van der Waals surface area (Å²) in [6, 6.07) is 8.69. The van der Waals surface area contributed by atoms with Crippen LogP contribution in [0.4, 0.5) is 0 Å². The van der Waals surface area contributed by atoms with Gasteiger partial charge in [-0.1, -0.05) is 12.1 Å². The molecule has 21 heavy (non-hydrogen) atoms. The summed E-state index contributed by atoms with van der Waals surface area (Å²) in [7, 11) is 0. The van der Waals surface area contributed by atoms with E-state index < -0.39 is 18.0 Å². The van der Waals surface area contributed by atoms with Gasteiger partial charge in [-0.2, -0.15) is 0 Å². The summed E-state index contributed by atoms with van der Waals surface area (Å²) in [5.74, 6) is -0.637. The normalized spacial score (nSPS) is 15.1. The third-order valence-electron chi connectivity index (χ3n) is 3.24. The molecule has 0 saturated carbocycles. The number of cyclic esters (lactones) is 2. The van der Waals surface area contributed by atoms with Gasteiger partial charge >= 0.3 is 11.9 Å². The summed E-state index contributed by atoms with van der Waals surface area (Å²) in [4.78, 5) is 24.5. The predicted molar refractivity (Wildman–Crippen MR) is 81.1 cm³/mol. The van der Waals surface area contributed by atoms with Crippen molar-refractivity contribution >= 4 is 46.1 Å². The highest BCUT2D eigenvalue weighted by Crippen LogP contribution is 2.35. The highest BCUT2D eigenvalue weighted by atomic mass is 35.5. The SMILES string of the molecule is O=C1OC(=O)c2ccc(SC[C@@H](O)CCl)c3cccc1c23. The molecule has 0 fully saturated rings. The highest BCUT2D eigenvalue weighted by molar-refractivity contribution is 7.99. The van der Waals surface area contributed by atoms with Crippen molar-refractivity contribution in [2.75, 3.05) is 11.6 Å². The van der Waals surface area contributed by atoms with E-state index in [0.29, 0.717) is 22.3 Å².